The van der Waals surface area contributed by atoms with Crippen LogP contribution in [0.15, 0.2) is 12.7 Å². The van der Waals surface area contributed by atoms with Crippen molar-refractivity contribution in [2.45, 2.75) is 18.9 Å². The number of nitrogens with one attached hydrogen (secondary N) is 2. The molecule has 1 heterocycles. The Kier molecular flexibility index (Phi) is 5.71. The van der Waals surface area contributed by atoms with Crippen LogP contribution in [0.5, 0.6) is 0 Å². The standard InChI is InChI=1S/C10H18N2OS/c1-2-5-11-7-10(13)12-9-4-3-6-14-8-9/h2,9,11H,1,3-8H2,(H,12,13). The van der Waals surface area contributed by atoms with Gasteiger partial charge in [0.1, 0.15) is 0 Å². The fourth-order valence-corrected chi connectivity index (χ4v) is 2.49. The Morgan fingerprint density at radius 3 is 3.14 bits per heavy atom. The summed E-state index contributed by atoms with van der Waals surface area (Å²) in [5.74, 6) is 2.40. The minimum Gasteiger partial charge on any atom is -0.351 e. The van der Waals surface area contributed by atoms with E-state index in [4.69, 9.17) is 0 Å². The molecule has 1 amide bonds. The molecule has 1 aliphatic rings. The van der Waals surface area contributed by atoms with E-state index in [9.17, 15) is 4.79 Å². The first-order chi connectivity index (χ1) is 6.83. The van der Waals surface area contributed by atoms with E-state index in [1.165, 1.54) is 12.2 Å². The molecular formula is C10H18N2OS. The lowest BCUT2D eigenvalue weighted by molar-refractivity contribution is -0.120. The maximum Gasteiger partial charge on any atom is 0.234 e. The molecule has 14 heavy (non-hydrogen) atoms. The number of thioether (sulfide) groups is 1. The van der Waals surface area contributed by atoms with Crippen molar-refractivity contribution in [2.24, 2.45) is 0 Å². The second-order valence-corrected chi connectivity index (χ2v) is 4.55. The third kappa shape index (κ3) is 4.67. The summed E-state index contributed by atoms with van der Waals surface area (Å²) in [5.41, 5.74) is 0. The maximum atomic E-state index is 11.4. The van der Waals surface area contributed by atoms with Gasteiger partial charge in [0.15, 0.2) is 0 Å². The van der Waals surface area contributed by atoms with E-state index >= 15 is 0 Å². The van der Waals surface area contributed by atoms with Crippen molar-refractivity contribution in [3.05, 3.63) is 12.7 Å². The highest BCUT2D eigenvalue weighted by molar-refractivity contribution is 7.99. The van der Waals surface area contributed by atoms with Crippen LogP contribution in [0.25, 0.3) is 0 Å². The smallest absolute Gasteiger partial charge is 0.234 e. The summed E-state index contributed by atoms with van der Waals surface area (Å²) in [6, 6.07) is 0.381. The number of carbonyl (C=O) groups is 1. The summed E-state index contributed by atoms with van der Waals surface area (Å²) in [6.07, 6.45) is 4.10. The van der Waals surface area contributed by atoms with E-state index < -0.39 is 0 Å². The van der Waals surface area contributed by atoms with Crippen LogP contribution in [0, 0.1) is 0 Å². The molecule has 4 heteroatoms. The highest BCUT2D eigenvalue weighted by Gasteiger charge is 2.15. The molecule has 1 rings (SSSR count). The molecule has 0 aromatic rings. The van der Waals surface area contributed by atoms with Crippen molar-refractivity contribution < 1.29 is 4.79 Å². The van der Waals surface area contributed by atoms with Crippen LogP contribution in [-0.2, 0) is 4.79 Å². The summed E-state index contributed by atoms with van der Waals surface area (Å²) >= 11 is 1.92. The topological polar surface area (TPSA) is 41.1 Å². The third-order valence-corrected chi connectivity index (χ3v) is 3.32. The average molecular weight is 214 g/mol. The summed E-state index contributed by atoms with van der Waals surface area (Å²) < 4.78 is 0. The maximum absolute atomic E-state index is 11.4. The zero-order chi connectivity index (χ0) is 10.2. The van der Waals surface area contributed by atoms with Crippen LogP contribution >= 0.6 is 11.8 Å². The van der Waals surface area contributed by atoms with Crippen LogP contribution in [0.3, 0.4) is 0 Å². The SMILES string of the molecule is C=CCNCC(=O)NC1CCCSC1. The average Bonchev–Trinajstić information content (AvgIpc) is 2.20. The Bertz CT molecular complexity index is 191. The second-order valence-electron chi connectivity index (χ2n) is 3.40. The summed E-state index contributed by atoms with van der Waals surface area (Å²) in [6.45, 7) is 4.66. The van der Waals surface area contributed by atoms with Gasteiger partial charge in [0, 0.05) is 18.3 Å². The van der Waals surface area contributed by atoms with Gasteiger partial charge < -0.3 is 10.6 Å². The lowest BCUT2D eigenvalue weighted by Crippen LogP contribution is -2.42. The number of carbonyl (C=O) groups excluding carboxylic acids is 1. The zero-order valence-electron chi connectivity index (χ0n) is 8.42. The first-order valence-electron chi connectivity index (χ1n) is 5.01. The van der Waals surface area contributed by atoms with E-state index in [1.54, 1.807) is 6.08 Å². The molecule has 0 radical (unpaired) electrons. The zero-order valence-corrected chi connectivity index (χ0v) is 9.24. The van der Waals surface area contributed by atoms with Crippen molar-refractivity contribution in [2.75, 3.05) is 24.6 Å². The molecule has 1 aliphatic heterocycles. The first-order valence-corrected chi connectivity index (χ1v) is 6.17. The molecule has 0 bridgehead atoms. The Morgan fingerprint density at radius 1 is 1.64 bits per heavy atom. The number of hydrogen-bond donors (Lipinski definition) is 2. The molecule has 0 saturated carbocycles. The highest BCUT2D eigenvalue weighted by atomic mass is 32.2. The molecule has 1 atom stereocenters. The van der Waals surface area contributed by atoms with Crippen LogP contribution in [0.4, 0.5) is 0 Å². The van der Waals surface area contributed by atoms with E-state index in [-0.39, 0.29) is 5.91 Å². The minimum absolute atomic E-state index is 0.0966. The van der Waals surface area contributed by atoms with Crippen LogP contribution in [-0.4, -0.2) is 36.5 Å². The van der Waals surface area contributed by atoms with E-state index in [1.807, 2.05) is 11.8 Å². The quantitative estimate of drug-likeness (QED) is 0.525. The number of amides is 1. The molecule has 0 aliphatic carbocycles. The fourth-order valence-electron chi connectivity index (χ4n) is 1.42. The van der Waals surface area contributed by atoms with Gasteiger partial charge in [0.2, 0.25) is 5.91 Å². The van der Waals surface area contributed by atoms with E-state index in [0.717, 1.165) is 12.2 Å². The predicted octanol–water partition coefficient (Wildman–Crippen LogP) is 0.774. The molecule has 0 aromatic carbocycles. The van der Waals surface area contributed by atoms with Crippen molar-refractivity contribution in [3.8, 4) is 0 Å². The van der Waals surface area contributed by atoms with Gasteiger partial charge in [-0.05, 0) is 18.6 Å². The number of hydrogen-bond acceptors (Lipinski definition) is 3. The summed E-state index contributed by atoms with van der Waals surface area (Å²) in [7, 11) is 0. The van der Waals surface area contributed by atoms with Gasteiger partial charge in [-0.1, -0.05) is 6.08 Å². The van der Waals surface area contributed by atoms with Gasteiger partial charge in [0.05, 0.1) is 6.54 Å². The third-order valence-electron chi connectivity index (χ3n) is 2.10. The van der Waals surface area contributed by atoms with E-state index in [0.29, 0.717) is 19.1 Å². The van der Waals surface area contributed by atoms with Crippen molar-refractivity contribution in [3.63, 3.8) is 0 Å². The van der Waals surface area contributed by atoms with Gasteiger partial charge in [-0.3, -0.25) is 4.79 Å². The molecule has 80 valence electrons. The Hall–Kier alpha value is -0.480. The predicted molar refractivity (Wildman–Crippen MR) is 61.6 cm³/mol. The largest absolute Gasteiger partial charge is 0.351 e. The van der Waals surface area contributed by atoms with Crippen molar-refractivity contribution in [1.82, 2.24) is 10.6 Å². The normalized spacial score (nSPS) is 21.6. The van der Waals surface area contributed by atoms with Gasteiger partial charge in [-0.25, -0.2) is 0 Å². The number of rotatable bonds is 5. The highest BCUT2D eigenvalue weighted by Crippen LogP contribution is 2.16. The summed E-state index contributed by atoms with van der Waals surface area (Å²) in [4.78, 5) is 11.4. The van der Waals surface area contributed by atoms with Gasteiger partial charge in [-0.2, -0.15) is 11.8 Å². The van der Waals surface area contributed by atoms with Crippen molar-refractivity contribution >= 4 is 17.7 Å². The van der Waals surface area contributed by atoms with Crippen LogP contribution in [0.1, 0.15) is 12.8 Å². The molecule has 0 spiro atoms. The van der Waals surface area contributed by atoms with Crippen molar-refractivity contribution in [1.29, 1.82) is 0 Å². The molecule has 2 N–H and O–H groups in total. The molecule has 0 aromatic heterocycles. The van der Waals surface area contributed by atoms with Crippen LogP contribution < -0.4 is 10.6 Å². The first kappa shape index (κ1) is 11.6. The second kappa shape index (κ2) is 6.90. The Balaban J connectivity index is 2.09. The fraction of sp³-hybridized carbons (Fsp3) is 0.700. The van der Waals surface area contributed by atoms with Gasteiger partial charge in [0.25, 0.3) is 0 Å². The molecule has 1 fully saturated rings. The summed E-state index contributed by atoms with van der Waals surface area (Å²) in [5, 5.41) is 6.01. The lowest BCUT2D eigenvalue weighted by atomic mass is 10.2. The molecular weight excluding hydrogens is 196 g/mol. The van der Waals surface area contributed by atoms with Gasteiger partial charge in [-0.15, -0.1) is 6.58 Å². The molecule has 1 unspecified atom stereocenters. The molecule has 1 saturated heterocycles. The van der Waals surface area contributed by atoms with Crippen LogP contribution in [0.2, 0.25) is 0 Å². The minimum atomic E-state index is 0.0966. The molecule has 3 nitrogen and oxygen atoms in total. The Labute approximate surface area is 89.7 Å². The lowest BCUT2D eigenvalue weighted by Gasteiger charge is -2.22. The Morgan fingerprint density at radius 2 is 2.50 bits per heavy atom. The van der Waals surface area contributed by atoms with E-state index in [2.05, 4.69) is 17.2 Å². The van der Waals surface area contributed by atoms with Gasteiger partial charge >= 0.3 is 0 Å². The monoisotopic (exact) mass is 214 g/mol.